The molecule has 0 bridgehead atoms. The molecule has 1 aromatic carbocycles. The van der Waals surface area contributed by atoms with Gasteiger partial charge in [0, 0.05) is 19.3 Å². The van der Waals surface area contributed by atoms with E-state index in [9.17, 15) is 8.42 Å². The van der Waals surface area contributed by atoms with Crippen LogP contribution < -0.4 is 10.6 Å². The standard InChI is InChI=1S/C15H24N2O2S/c1-4-15(5-2)9-10-17(11-15)12-7-6-8-13(14(12)16)20(3,18)19/h6-8H,4-5,9-11,16H2,1-3H3. The molecule has 1 aromatic rings. The van der Waals surface area contributed by atoms with E-state index in [1.165, 1.54) is 6.26 Å². The van der Waals surface area contributed by atoms with Crippen LogP contribution in [0.4, 0.5) is 11.4 Å². The molecule has 0 spiro atoms. The molecule has 20 heavy (non-hydrogen) atoms. The summed E-state index contributed by atoms with van der Waals surface area (Å²) in [5, 5.41) is 0. The third kappa shape index (κ3) is 2.64. The van der Waals surface area contributed by atoms with Crippen molar-refractivity contribution in [3.05, 3.63) is 18.2 Å². The number of anilines is 2. The molecule has 112 valence electrons. The van der Waals surface area contributed by atoms with E-state index in [0.717, 1.165) is 38.0 Å². The van der Waals surface area contributed by atoms with Gasteiger partial charge in [0.05, 0.1) is 16.3 Å². The van der Waals surface area contributed by atoms with Crippen LogP contribution in [0.5, 0.6) is 0 Å². The number of hydrogen-bond donors (Lipinski definition) is 1. The molecule has 0 radical (unpaired) electrons. The fraction of sp³-hybridized carbons (Fsp3) is 0.600. The van der Waals surface area contributed by atoms with Crippen molar-refractivity contribution in [1.29, 1.82) is 0 Å². The van der Waals surface area contributed by atoms with Gasteiger partial charge >= 0.3 is 0 Å². The number of sulfone groups is 1. The van der Waals surface area contributed by atoms with Gasteiger partial charge < -0.3 is 10.6 Å². The third-order valence-corrected chi connectivity index (χ3v) is 5.88. The maximum absolute atomic E-state index is 11.8. The number of hydrogen-bond acceptors (Lipinski definition) is 4. The number of nitrogens with zero attached hydrogens (tertiary/aromatic N) is 1. The fourth-order valence-corrected chi connectivity index (χ4v) is 3.93. The van der Waals surface area contributed by atoms with E-state index in [2.05, 4.69) is 18.7 Å². The van der Waals surface area contributed by atoms with Gasteiger partial charge in [0.2, 0.25) is 0 Å². The van der Waals surface area contributed by atoms with E-state index < -0.39 is 9.84 Å². The third-order valence-electron chi connectivity index (χ3n) is 4.72. The zero-order valence-corrected chi connectivity index (χ0v) is 13.3. The van der Waals surface area contributed by atoms with Gasteiger partial charge in [0.25, 0.3) is 0 Å². The van der Waals surface area contributed by atoms with Crippen LogP contribution in [-0.4, -0.2) is 27.8 Å². The Bertz CT molecular complexity index is 592. The first-order valence-electron chi connectivity index (χ1n) is 7.16. The van der Waals surface area contributed by atoms with Crippen molar-refractivity contribution in [2.24, 2.45) is 5.41 Å². The highest BCUT2D eigenvalue weighted by molar-refractivity contribution is 7.90. The summed E-state index contributed by atoms with van der Waals surface area (Å²) in [7, 11) is -3.28. The molecule has 0 amide bonds. The minimum Gasteiger partial charge on any atom is -0.396 e. The van der Waals surface area contributed by atoms with Crippen LogP contribution in [0, 0.1) is 5.41 Å². The largest absolute Gasteiger partial charge is 0.396 e. The molecule has 0 aliphatic carbocycles. The van der Waals surface area contributed by atoms with E-state index >= 15 is 0 Å². The highest BCUT2D eigenvalue weighted by Crippen LogP contribution is 2.41. The van der Waals surface area contributed by atoms with E-state index in [1.807, 2.05) is 6.07 Å². The predicted molar refractivity (Wildman–Crippen MR) is 83.8 cm³/mol. The SMILES string of the molecule is CCC1(CC)CCN(c2cccc(S(C)(=O)=O)c2N)C1. The van der Waals surface area contributed by atoms with Crippen molar-refractivity contribution in [1.82, 2.24) is 0 Å². The first-order chi connectivity index (χ1) is 9.33. The highest BCUT2D eigenvalue weighted by atomic mass is 32.2. The average molecular weight is 296 g/mol. The summed E-state index contributed by atoms with van der Waals surface area (Å²) < 4.78 is 23.5. The molecule has 0 aromatic heterocycles. The number of para-hydroxylation sites is 1. The second kappa shape index (κ2) is 5.28. The number of nitrogens with two attached hydrogens (primary N) is 1. The van der Waals surface area contributed by atoms with Crippen molar-refractivity contribution in [2.45, 2.75) is 38.0 Å². The van der Waals surface area contributed by atoms with Crippen LogP contribution in [0.3, 0.4) is 0 Å². The summed E-state index contributed by atoms with van der Waals surface area (Å²) in [4.78, 5) is 2.47. The zero-order valence-electron chi connectivity index (χ0n) is 12.5. The monoisotopic (exact) mass is 296 g/mol. The fourth-order valence-electron chi connectivity index (χ4n) is 3.10. The quantitative estimate of drug-likeness (QED) is 0.868. The molecule has 5 heteroatoms. The molecule has 1 aliphatic heterocycles. The van der Waals surface area contributed by atoms with Gasteiger partial charge in [0.1, 0.15) is 0 Å². The summed E-state index contributed by atoms with van der Waals surface area (Å²) in [5.74, 6) is 0. The van der Waals surface area contributed by atoms with Gasteiger partial charge in [0.15, 0.2) is 9.84 Å². The number of nitrogen functional groups attached to an aromatic ring is 1. The molecule has 2 rings (SSSR count). The van der Waals surface area contributed by atoms with Gasteiger partial charge in [-0.2, -0.15) is 0 Å². The van der Waals surface area contributed by atoms with E-state index in [-0.39, 0.29) is 4.90 Å². The van der Waals surface area contributed by atoms with Crippen molar-refractivity contribution >= 4 is 21.2 Å². The van der Waals surface area contributed by atoms with Crippen molar-refractivity contribution in [2.75, 3.05) is 30.0 Å². The van der Waals surface area contributed by atoms with Gasteiger partial charge in [-0.1, -0.05) is 19.9 Å². The maximum atomic E-state index is 11.8. The average Bonchev–Trinajstić information content (AvgIpc) is 2.82. The van der Waals surface area contributed by atoms with Crippen LogP contribution in [0.2, 0.25) is 0 Å². The van der Waals surface area contributed by atoms with Gasteiger partial charge in [-0.05, 0) is 36.8 Å². The summed E-state index contributed by atoms with van der Waals surface area (Å²) in [6.07, 6.45) is 4.63. The lowest BCUT2D eigenvalue weighted by molar-refractivity contribution is 0.301. The van der Waals surface area contributed by atoms with E-state index in [0.29, 0.717) is 11.1 Å². The minimum atomic E-state index is -3.28. The molecule has 1 fully saturated rings. The summed E-state index contributed by atoms with van der Waals surface area (Å²) in [6, 6.07) is 5.28. The van der Waals surface area contributed by atoms with Gasteiger partial charge in [-0.25, -0.2) is 8.42 Å². The van der Waals surface area contributed by atoms with Crippen molar-refractivity contribution in [3.63, 3.8) is 0 Å². The number of rotatable bonds is 4. The lowest BCUT2D eigenvalue weighted by Crippen LogP contribution is -2.27. The van der Waals surface area contributed by atoms with E-state index in [1.54, 1.807) is 12.1 Å². The molecule has 0 atom stereocenters. The molecular formula is C15H24N2O2S. The summed E-state index contributed by atoms with van der Waals surface area (Å²) in [6.45, 7) is 6.35. The molecule has 2 N–H and O–H groups in total. The highest BCUT2D eigenvalue weighted by Gasteiger charge is 2.35. The van der Waals surface area contributed by atoms with Gasteiger partial charge in [-0.15, -0.1) is 0 Å². The lowest BCUT2D eigenvalue weighted by Gasteiger charge is -2.28. The second-order valence-corrected chi connectivity index (χ2v) is 7.82. The first-order valence-corrected chi connectivity index (χ1v) is 9.05. The zero-order chi connectivity index (χ0) is 15.0. The van der Waals surface area contributed by atoms with Crippen LogP contribution in [-0.2, 0) is 9.84 Å². The van der Waals surface area contributed by atoms with Crippen LogP contribution in [0.25, 0.3) is 0 Å². The predicted octanol–water partition coefficient (Wildman–Crippen LogP) is 2.69. The Kier molecular flexibility index (Phi) is 4.00. The Morgan fingerprint density at radius 1 is 1.30 bits per heavy atom. The second-order valence-electron chi connectivity index (χ2n) is 5.84. The molecule has 0 unspecified atom stereocenters. The molecule has 0 saturated carbocycles. The van der Waals surface area contributed by atoms with Crippen LogP contribution in [0.1, 0.15) is 33.1 Å². The summed E-state index contributed by atoms with van der Waals surface area (Å²) >= 11 is 0. The number of benzene rings is 1. The molecular weight excluding hydrogens is 272 g/mol. The molecule has 1 aliphatic rings. The Labute approximate surface area is 121 Å². The first kappa shape index (κ1) is 15.2. The minimum absolute atomic E-state index is 0.237. The van der Waals surface area contributed by atoms with Crippen molar-refractivity contribution < 1.29 is 8.42 Å². The smallest absolute Gasteiger partial charge is 0.177 e. The maximum Gasteiger partial charge on any atom is 0.177 e. The lowest BCUT2D eigenvalue weighted by atomic mass is 9.82. The Morgan fingerprint density at radius 2 is 1.95 bits per heavy atom. The normalized spacial score (nSPS) is 18.4. The molecule has 4 nitrogen and oxygen atoms in total. The van der Waals surface area contributed by atoms with Crippen LogP contribution in [0.15, 0.2) is 23.1 Å². The topological polar surface area (TPSA) is 63.4 Å². The Balaban J connectivity index is 2.37. The Hall–Kier alpha value is -1.23. The van der Waals surface area contributed by atoms with Crippen LogP contribution >= 0.6 is 0 Å². The molecule has 1 saturated heterocycles. The Morgan fingerprint density at radius 3 is 2.45 bits per heavy atom. The van der Waals surface area contributed by atoms with E-state index in [4.69, 9.17) is 5.73 Å². The molecule has 1 heterocycles. The summed E-state index contributed by atoms with van der Waals surface area (Å²) in [5.41, 5.74) is 7.69. The van der Waals surface area contributed by atoms with Crippen molar-refractivity contribution in [3.8, 4) is 0 Å². The van der Waals surface area contributed by atoms with Gasteiger partial charge in [-0.3, -0.25) is 0 Å².